The smallest absolute Gasteiger partial charge is 0.252 e. The van der Waals surface area contributed by atoms with Crippen LogP contribution in [-0.4, -0.2) is 38.3 Å². The highest BCUT2D eigenvalue weighted by molar-refractivity contribution is 5.93. The van der Waals surface area contributed by atoms with Gasteiger partial charge in [-0.3, -0.25) is 4.79 Å². The molecule has 0 spiro atoms. The Balaban J connectivity index is 1.93. The van der Waals surface area contributed by atoms with Crippen LogP contribution >= 0.6 is 0 Å². The van der Waals surface area contributed by atoms with E-state index in [0.29, 0.717) is 24.6 Å². The largest absolute Gasteiger partial charge is 0.481 e. The summed E-state index contributed by atoms with van der Waals surface area (Å²) in [6.45, 7) is 1.36. The lowest BCUT2D eigenvalue weighted by Gasteiger charge is -2.28. The molecule has 1 aromatic heterocycles. The molecule has 110 valence electrons. The highest BCUT2D eigenvalue weighted by atomic mass is 16.5. The summed E-state index contributed by atoms with van der Waals surface area (Å²) in [5, 5.41) is 3.00. The molecule has 20 heavy (non-hydrogen) atoms. The number of methoxy groups -OCH3 is 2. The number of aromatic nitrogens is 1. The van der Waals surface area contributed by atoms with Crippen molar-refractivity contribution < 1.29 is 14.3 Å². The molecule has 1 aliphatic rings. The fourth-order valence-corrected chi connectivity index (χ4v) is 2.81. The standard InChI is InChI=1S/C15H22N2O3/c1-19-11-15(7-3-4-8-15)10-17-14(18)12-5-6-13(20-2)16-9-12/h5-6,9H,3-4,7-8,10-11H2,1-2H3,(H,17,18). The molecule has 2 rings (SSSR count). The topological polar surface area (TPSA) is 60.5 Å². The lowest BCUT2D eigenvalue weighted by molar-refractivity contribution is 0.0740. The van der Waals surface area contributed by atoms with Crippen LogP contribution < -0.4 is 10.1 Å². The maximum absolute atomic E-state index is 12.1. The van der Waals surface area contributed by atoms with Crippen molar-refractivity contribution in [1.29, 1.82) is 0 Å². The average molecular weight is 278 g/mol. The maximum Gasteiger partial charge on any atom is 0.252 e. The maximum atomic E-state index is 12.1. The zero-order valence-electron chi connectivity index (χ0n) is 12.1. The number of nitrogens with one attached hydrogen (secondary N) is 1. The van der Waals surface area contributed by atoms with Gasteiger partial charge >= 0.3 is 0 Å². The first-order valence-electron chi connectivity index (χ1n) is 6.96. The summed E-state index contributed by atoms with van der Waals surface area (Å²) in [4.78, 5) is 16.2. The van der Waals surface area contributed by atoms with E-state index in [1.807, 2.05) is 0 Å². The van der Waals surface area contributed by atoms with Gasteiger partial charge in [0.15, 0.2) is 0 Å². The summed E-state index contributed by atoms with van der Waals surface area (Å²) in [7, 11) is 3.27. The third-order valence-electron chi connectivity index (χ3n) is 3.95. The summed E-state index contributed by atoms with van der Waals surface area (Å²) < 4.78 is 10.3. The van der Waals surface area contributed by atoms with Crippen LogP contribution in [0.2, 0.25) is 0 Å². The number of hydrogen-bond acceptors (Lipinski definition) is 4. The SMILES string of the molecule is COCC1(CNC(=O)c2ccc(OC)nc2)CCCC1. The molecule has 1 aliphatic carbocycles. The van der Waals surface area contributed by atoms with Gasteiger partial charge in [-0.15, -0.1) is 0 Å². The number of ether oxygens (including phenoxy) is 2. The predicted octanol–water partition coefficient (Wildman–Crippen LogP) is 2.03. The molecule has 1 heterocycles. The third-order valence-corrected chi connectivity index (χ3v) is 3.95. The number of carbonyl (C=O) groups is 1. The highest BCUT2D eigenvalue weighted by Gasteiger charge is 2.34. The first-order valence-corrected chi connectivity index (χ1v) is 6.96. The van der Waals surface area contributed by atoms with Crippen molar-refractivity contribution in [3.8, 4) is 5.88 Å². The molecule has 1 fully saturated rings. The van der Waals surface area contributed by atoms with E-state index in [0.717, 1.165) is 12.8 Å². The lowest BCUT2D eigenvalue weighted by Crippen LogP contribution is -2.38. The summed E-state index contributed by atoms with van der Waals surface area (Å²) >= 11 is 0. The summed E-state index contributed by atoms with van der Waals surface area (Å²) in [5.74, 6) is 0.413. The predicted molar refractivity (Wildman–Crippen MR) is 75.9 cm³/mol. The van der Waals surface area contributed by atoms with Crippen LogP contribution in [0.4, 0.5) is 0 Å². The van der Waals surface area contributed by atoms with E-state index in [9.17, 15) is 4.79 Å². The van der Waals surface area contributed by atoms with Gasteiger partial charge in [0, 0.05) is 31.3 Å². The van der Waals surface area contributed by atoms with Gasteiger partial charge in [-0.2, -0.15) is 0 Å². The summed E-state index contributed by atoms with van der Waals surface area (Å²) in [5.41, 5.74) is 0.654. The van der Waals surface area contributed by atoms with Crippen molar-refractivity contribution in [2.24, 2.45) is 5.41 Å². The number of hydrogen-bond donors (Lipinski definition) is 1. The van der Waals surface area contributed by atoms with Gasteiger partial charge in [-0.1, -0.05) is 12.8 Å². The number of pyridine rings is 1. The Morgan fingerprint density at radius 2 is 2.10 bits per heavy atom. The van der Waals surface area contributed by atoms with Crippen molar-refractivity contribution in [2.75, 3.05) is 27.4 Å². The highest BCUT2D eigenvalue weighted by Crippen LogP contribution is 2.37. The van der Waals surface area contributed by atoms with Crippen LogP contribution in [0.5, 0.6) is 5.88 Å². The molecule has 0 radical (unpaired) electrons. The number of nitrogens with zero attached hydrogens (tertiary/aromatic N) is 1. The van der Waals surface area contributed by atoms with E-state index < -0.39 is 0 Å². The van der Waals surface area contributed by atoms with Crippen LogP contribution in [0.3, 0.4) is 0 Å². The van der Waals surface area contributed by atoms with E-state index in [1.165, 1.54) is 19.0 Å². The Morgan fingerprint density at radius 3 is 2.65 bits per heavy atom. The van der Waals surface area contributed by atoms with Crippen molar-refractivity contribution in [2.45, 2.75) is 25.7 Å². The van der Waals surface area contributed by atoms with E-state index in [2.05, 4.69) is 10.3 Å². The molecule has 5 nitrogen and oxygen atoms in total. The van der Waals surface area contributed by atoms with E-state index in [-0.39, 0.29) is 11.3 Å². The van der Waals surface area contributed by atoms with Gasteiger partial charge in [-0.25, -0.2) is 4.98 Å². The molecule has 1 saturated carbocycles. The van der Waals surface area contributed by atoms with E-state index in [4.69, 9.17) is 9.47 Å². The molecule has 0 aliphatic heterocycles. The molecule has 1 amide bonds. The molecule has 0 aromatic carbocycles. The fourth-order valence-electron chi connectivity index (χ4n) is 2.81. The first kappa shape index (κ1) is 14.8. The molecule has 0 bridgehead atoms. The Bertz CT molecular complexity index is 439. The second kappa shape index (κ2) is 6.70. The van der Waals surface area contributed by atoms with Crippen LogP contribution in [0.1, 0.15) is 36.0 Å². The van der Waals surface area contributed by atoms with Crippen LogP contribution in [0.25, 0.3) is 0 Å². The van der Waals surface area contributed by atoms with Crippen LogP contribution in [0.15, 0.2) is 18.3 Å². The van der Waals surface area contributed by atoms with Crippen molar-refractivity contribution in [3.63, 3.8) is 0 Å². The summed E-state index contributed by atoms with van der Waals surface area (Å²) in [6, 6.07) is 3.41. The molecule has 0 atom stereocenters. The van der Waals surface area contributed by atoms with Gasteiger partial charge in [0.1, 0.15) is 0 Å². The normalized spacial score (nSPS) is 16.9. The van der Waals surface area contributed by atoms with Gasteiger partial charge in [0.05, 0.1) is 19.3 Å². The number of carbonyl (C=O) groups excluding carboxylic acids is 1. The lowest BCUT2D eigenvalue weighted by atomic mass is 9.87. The monoisotopic (exact) mass is 278 g/mol. The zero-order valence-corrected chi connectivity index (χ0v) is 12.1. The minimum absolute atomic E-state index is 0.0949. The van der Waals surface area contributed by atoms with Crippen molar-refractivity contribution in [1.82, 2.24) is 10.3 Å². The second-order valence-electron chi connectivity index (χ2n) is 5.41. The molecular weight excluding hydrogens is 256 g/mol. The van der Waals surface area contributed by atoms with E-state index in [1.54, 1.807) is 26.4 Å². The van der Waals surface area contributed by atoms with Gasteiger partial charge < -0.3 is 14.8 Å². The minimum atomic E-state index is -0.0949. The van der Waals surface area contributed by atoms with Crippen molar-refractivity contribution in [3.05, 3.63) is 23.9 Å². The first-order chi connectivity index (χ1) is 9.69. The van der Waals surface area contributed by atoms with Gasteiger partial charge in [-0.05, 0) is 18.9 Å². The van der Waals surface area contributed by atoms with E-state index >= 15 is 0 Å². The molecule has 1 aromatic rings. The second-order valence-corrected chi connectivity index (χ2v) is 5.41. The zero-order chi connectivity index (χ0) is 14.4. The Morgan fingerprint density at radius 1 is 1.35 bits per heavy atom. The van der Waals surface area contributed by atoms with Crippen LogP contribution in [-0.2, 0) is 4.74 Å². The Labute approximate surface area is 119 Å². The third kappa shape index (κ3) is 3.48. The fraction of sp³-hybridized carbons (Fsp3) is 0.600. The molecular formula is C15H22N2O3. The molecule has 0 unspecified atom stereocenters. The number of rotatable bonds is 6. The quantitative estimate of drug-likeness (QED) is 0.865. The molecule has 1 N–H and O–H groups in total. The molecule has 0 saturated heterocycles. The molecule has 5 heteroatoms. The number of amides is 1. The summed E-state index contributed by atoms with van der Waals surface area (Å²) in [6.07, 6.45) is 6.18. The van der Waals surface area contributed by atoms with Gasteiger partial charge in [0.25, 0.3) is 5.91 Å². The Kier molecular flexibility index (Phi) is 4.95. The van der Waals surface area contributed by atoms with Crippen molar-refractivity contribution >= 4 is 5.91 Å². The minimum Gasteiger partial charge on any atom is -0.481 e. The van der Waals surface area contributed by atoms with Crippen LogP contribution in [0, 0.1) is 5.41 Å². The average Bonchev–Trinajstić information content (AvgIpc) is 2.94. The Hall–Kier alpha value is -1.62. The van der Waals surface area contributed by atoms with Gasteiger partial charge in [0.2, 0.25) is 5.88 Å².